The number of rotatable bonds is 13. The largest absolute Gasteiger partial charge is 0.495 e. The van der Waals surface area contributed by atoms with Crippen LogP contribution in [0.2, 0.25) is 5.02 Å². The third-order valence-corrected chi connectivity index (χ3v) is 8.44. The molecule has 0 bridgehead atoms. The van der Waals surface area contributed by atoms with E-state index in [1.807, 2.05) is 25.1 Å². The number of nitrogens with zero attached hydrogens (tertiary/aromatic N) is 2. The van der Waals surface area contributed by atoms with Crippen molar-refractivity contribution in [2.45, 2.75) is 70.5 Å². The molecule has 0 heterocycles. The van der Waals surface area contributed by atoms with Crippen LogP contribution in [0.1, 0.15) is 57.4 Å². The van der Waals surface area contributed by atoms with Gasteiger partial charge in [-0.05, 0) is 49.4 Å². The molecule has 0 radical (unpaired) electrons. The zero-order valence-electron chi connectivity index (χ0n) is 22.4. The zero-order valence-corrected chi connectivity index (χ0v) is 23.9. The lowest BCUT2D eigenvalue weighted by atomic mass is 10.1. The number of ether oxygens (including phenoxy) is 1. The van der Waals surface area contributed by atoms with Gasteiger partial charge in [0.1, 0.15) is 11.8 Å². The summed E-state index contributed by atoms with van der Waals surface area (Å²) in [5.74, 6) is 0.0395. The lowest BCUT2D eigenvalue weighted by Gasteiger charge is -2.32. The van der Waals surface area contributed by atoms with Crippen LogP contribution in [-0.2, 0) is 26.2 Å². The molecule has 8 nitrogen and oxygen atoms in total. The van der Waals surface area contributed by atoms with Gasteiger partial charge in [-0.3, -0.25) is 13.9 Å². The van der Waals surface area contributed by atoms with Gasteiger partial charge in [-0.1, -0.05) is 61.7 Å². The number of carbonyl (C=O) groups is 2. The summed E-state index contributed by atoms with van der Waals surface area (Å²) in [5, 5.41) is 3.65. The summed E-state index contributed by atoms with van der Waals surface area (Å²) in [7, 11) is -2.14. The summed E-state index contributed by atoms with van der Waals surface area (Å²) in [4.78, 5) is 28.5. The minimum atomic E-state index is -3.62. The van der Waals surface area contributed by atoms with Crippen LogP contribution >= 0.6 is 11.6 Å². The molecule has 0 spiro atoms. The SMILES string of the molecule is CCC(C(=O)NC1CCCC1)N(Cc1ccccc1Cl)C(=O)CCCN(c1ccccc1OC)S(C)(=O)=O. The van der Waals surface area contributed by atoms with Crippen molar-refractivity contribution in [2.75, 3.05) is 24.2 Å². The van der Waals surface area contributed by atoms with E-state index < -0.39 is 16.1 Å². The molecule has 1 atom stereocenters. The molecule has 2 amide bonds. The second kappa shape index (κ2) is 13.8. The molecule has 1 aliphatic carbocycles. The number of para-hydroxylation sites is 2. The molecule has 38 heavy (non-hydrogen) atoms. The van der Waals surface area contributed by atoms with Gasteiger partial charge in [-0.2, -0.15) is 0 Å². The smallest absolute Gasteiger partial charge is 0.243 e. The fourth-order valence-corrected chi connectivity index (χ4v) is 6.08. The Balaban J connectivity index is 1.78. The monoisotopic (exact) mass is 563 g/mol. The number of sulfonamides is 1. The first-order valence-corrected chi connectivity index (χ1v) is 15.3. The number of carbonyl (C=O) groups excluding carboxylic acids is 2. The van der Waals surface area contributed by atoms with Gasteiger partial charge in [-0.15, -0.1) is 0 Å². The molecule has 2 aromatic rings. The second-order valence-electron chi connectivity index (χ2n) is 9.64. The highest BCUT2D eigenvalue weighted by atomic mass is 35.5. The average molecular weight is 564 g/mol. The molecule has 0 saturated heterocycles. The molecule has 1 fully saturated rings. The van der Waals surface area contributed by atoms with Gasteiger partial charge < -0.3 is 15.0 Å². The maximum atomic E-state index is 13.6. The number of hydrogen-bond donors (Lipinski definition) is 1. The number of anilines is 1. The molecule has 0 aliphatic heterocycles. The number of halogens is 1. The normalized spacial score (nSPS) is 14.6. The van der Waals surface area contributed by atoms with E-state index in [1.54, 1.807) is 35.2 Å². The summed E-state index contributed by atoms with van der Waals surface area (Å²) in [6, 6.07) is 13.6. The highest BCUT2D eigenvalue weighted by Gasteiger charge is 2.31. The van der Waals surface area contributed by atoms with Crippen LogP contribution in [0.5, 0.6) is 5.75 Å². The van der Waals surface area contributed by atoms with Gasteiger partial charge >= 0.3 is 0 Å². The van der Waals surface area contributed by atoms with Crippen LogP contribution in [0.25, 0.3) is 0 Å². The van der Waals surface area contributed by atoms with Crippen LogP contribution < -0.4 is 14.4 Å². The Labute approximate surface area is 231 Å². The minimum absolute atomic E-state index is 0.0683. The first kappa shape index (κ1) is 29.8. The summed E-state index contributed by atoms with van der Waals surface area (Å²) in [5.41, 5.74) is 1.17. The van der Waals surface area contributed by atoms with E-state index in [1.165, 1.54) is 11.4 Å². The van der Waals surface area contributed by atoms with Crippen molar-refractivity contribution in [2.24, 2.45) is 0 Å². The number of hydrogen-bond acceptors (Lipinski definition) is 5. The van der Waals surface area contributed by atoms with Gasteiger partial charge in [0.25, 0.3) is 0 Å². The predicted octanol–water partition coefficient (Wildman–Crippen LogP) is 4.76. The Morgan fingerprint density at radius 3 is 2.39 bits per heavy atom. The van der Waals surface area contributed by atoms with E-state index in [0.717, 1.165) is 37.5 Å². The summed E-state index contributed by atoms with van der Waals surface area (Å²) < 4.78 is 31.8. The van der Waals surface area contributed by atoms with E-state index in [-0.39, 0.29) is 43.8 Å². The fourth-order valence-electron chi connectivity index (χ4n) is 4.92. The first-order valence-electron chi connectivity index (χ1n) is 13.1. The van der Waals surface area contributed by atoms with E-state index in [2.05, 4.69) is 5.32 Å². The van der Waals surface area contributed by atoms with Crippen molar-refractivity contribution in [3.63, 3.8) is 0 Å². The van der Waals surface area contributed by atoms with Crippen molar-refractivity contribution in [1.82, 2.24) is 10.2 Å². The quantitative estimate of drug-likeness (QED) is 0.379. The van der Waals surface area contributed by atoms with Crippen molar-refractivity contribution in [3.8, 4) is 5.75 Å². The lowest BCUT2D eigenvalue weighted by molar-refractivity contribution is -0.141. The summed E-state index contributed by atoms with van der Waals surface area (Å²) in [6.45, 7) is 2.17. The number of nitrogens with one attached hydrogen (secondary N) is 1. The molecule has 208 valence electrons. The lowest BCUT2D eigenvalue weighted by Crippen LogP contribution is -2.51. The molecule has 1 saturated carbocycles. The number of benzene rings is 2. The molecule has 1 N–H and O–H groups in total. The van der Waals surface area contributed by atoms with Gasteiger partial charge in [-0.25, -0.2) is 8.42 Å². The third kappa shape index (κ3) is 7.86. The van der Waals surface area contributed by atoms with Crippen LogP contribution in [0.3, 0.4) is 0 Å². The number of amides is 2. The van der Waals surface area contributed by atoms with Gasteiger partial charge in [0.05, 0.1) is 19.1 Å². The number of methoxy groups -OCH3 is 1. The van der Waals surface area contributed by atoms with Crippen molar-refractivity contribution >= 4 is 39.1 Å². The Kier molecular flexibility index (Phi) is 10.8. The molecule has 10 heteroatoms. The highest BCUT2D eigenvalue weighted by Crippen LogP contribution is 2.30. The predicted molar refractivity (Wildman–Crippen MR) is 151 cm³/mol. The van der Waals surface area contributed by atoms with Crippen molar-refractivity contribution in [3.05, 3.63) is 59.1 Å². The standard InChI is InChI=1S/C28H38ClN3O5S/c1-4-24(28(34)30-22-13-6-7-14-22)31(20-21-12-5-8-15-23(21)29)27(33)18-11-19-32(38(3,35)36)25-16-9-10-17-26(25)37-2/h5,8-10,12,15-17,22,24H,4,6-7,11,13-14,18-20H2,1-3H3,(H,30,34). The van der Waals surface area contributed by atoms with Gasteiger partial charge in [0.2, 0.25) is 21.8 Å². The van der Waals surface area contributed by atoms with E-state index in [4.69, 9.17) is 16.3 Å². The molecular formula is C28H38ClN3O5S. The summed E-state index contributed by atoms with van der Waals surface area (Å²) in [6.07, 6.45) is 6.00. The van der Waals surface area contributed by atoms with Gasteiger partial charge in [0.15, 0.2) is 0 Å². The maximum absolute atomic E-state index is 13.6. The molecular weight excluding hydrogens is 526 g/mol. The Bertz CT molecular complexity index is 1200. The minimum Gasteiger partial charge on any atom is -0.495 e. The molecule has 0 aromatic heterocycles. The Hall–Kier alpha value is -2.78. The van der Waals surface area contributed by atoms with Crippen LogP contribution in [-0.4, -0.2) is 57.1 Å². The second-order valence-corrected chi connectivity index (χ2v) is 12.0. The van der Waals surface area contributed by atoms with Crippen LogP contribution in [0.15, 0.2) is 48.5 Å². The maximum Gasteiger partial charge on any atom is 0.243 e. The third-order valence-electron chi connectivity index (χ3n) is 6.89. The first-order chi connectivity index (χ1) is 18.2. The Morgan fingerprint density at radius 2 is 1.76 bits per heavy atom. The summed E-state index contributed by atoms with van der Waals surface area (Å²) >= 11 is 6.41. The molecule has 2 aromatic carbocycles. The fraction of sp³-hybridized carbons (Fsp3) is 0.500. The average Bonchev–Trinajstić information content (AvgIpc) is 3.39. The topological polar surface area (TPSA) is 96.0 Å². The zero-order chi connectivity index (χ0) is 27.7. The molecule has 1 aliphatic rings. The van der Waals surface area contributed by atoms with Gasteiger partial charge in [0, 0.05) is 30.6 Å². The van der Waals surface area contributed by atoms with E-state index >= 15 is 0 Å². The molecule has 1 unspecified atom stereocenters. The van der Waals surface area contributed by atoms with E-state index in [0.29, 0.717) is 22.9 Å². The van der Waals surface area contributed by atoms with E-state index in [9.17, 15) is 18.0 Å². The van der Waals surface area contributed by atoms with Crippen LogP contribution in [0.4, 0.5) is 5.69 Å². The van der Waals surface area contributed by atoms with Crippen molar-refractivity contribution in [1.29, 1.82) is 0 Å². The highest BCUT2D eigenvalue weighted by molar-refractivity contribution is 7.92. The molecule has 3 rings (SSSR count). The Morgan fingerprint density at radius 1 is 1.11 bits per heavy atom. The van der Waals surface area contributed by atoms with Crippen molar-refractivity contribution < 1.29 is 22.7 Å². The van der Waals surface area contributed by atoms with Crippen LogP contribution in [0, 0.1) is 0 Å².